The van der Waals surface area contributed by atoms with E-state index in [0.29, 0.717) is 6.42 Å². The number of nitrogens with one attached hydrogen (secondary N) is 1. The Morgan fingerprint density at radius 3 is 3.12 bits per heavy atom. The first-order valence-corrected chi connectivity index (χ1v) is 5.26. The molecule has 2 N–H and O–H groups in total. The Balaban J connectivity index is 2.37. The van der Waals surface area contributed by atoms with E-state index >= 15 is 0 Å². The van der Waals surface area contributed by atoms with Crippen molar-refractivity contribution < 1.29 is 9.90 Å². The van der Waals surface area contributed by atoms with Crippen LogP contribution in [0.4, 0.5) is 0 Å². The van der Waals surface area contributed by atoms with Gasteiger partial charge in [-0.25, -0.2) is 0 Å². The lowest BCUT2D eigenvalue weighted by atomic mass is 10.2. The summed E-state index contributed by atoms with van der Waals surface area (Å²) in [6.07, 6.45) is 6.61. The number of aliphatic hydroxyl groups excluding tert-OH is 1. The van der Waals surface area contributed by atoms with Crippen molar-refractivity contribution in [2.75, 3.05) is 6.54 Å². The topological polar surface area (TPSA) is 62.2 Å². The van der Waals surface area contributed by atoms with Crippen LogP contribution in [0.3, 0.4) is 0 Å². The molecular formula is C12H16N2O2. The van der Waals surface area contributed by atoms with Crippen molar-refractivity contribution in [3.05, 3.63) is 36.2 Å². The first-order chi connectivity index (χ1) is 7.72. The van der Waals surface area contributed by atoms with Crippen molar-refractivity contribution in [1.82, 2.24) is 10.3 Å². The Hall–Kier alpha value is -1.68. The summed E-state index contributed by atoms with van der Waals surface area (Å²) in [6, 6.07) is 3.66. The minimum absolute atomic E-state index is 0.212. The third-order valence-corrected chi connectivity index (χ3v) is 2.09. The van der Waals surface area contributed by atoms with Crippen LogP contribution in [0, 0.1) is 0 Å². The highest BCUT2D eigenvalue weighted by molar-refractivity contribution is 5.91. The molecule has 0 bridgehead atoms. The van der Waals surface area contributed by atoms with Gasteiger partial charge in [0.25, 0.3) is 0 Å². The largest absolute Gasteiger partial charge is 0.391 e. The normalized spacial score (nSPS) is 12.6. The molecule has 86 valence electrons. The average Bonchev–Trinajstić information content (AvgIpc) is 2.34. The van der Waals surface area contributed by atoms with Gasteiger partial charge in [-0.05, 0) is 24.1 Å². The lowest BCUT2D eigenvalue weighted by Crippen LogP contribution is -2.30. The maximum atomic E-state index is 11.3. The predicted octanol–water partition coefficient (Wildman–Crippen LogP) is 0.982. The van der Waals surface area contributed by atoms with Gasteiger partial charge in [0.15, 0.2) is 0 Å². The van der Waals surface area contributed by atoms with Gasteiger partial charge in [0.1, 0.15) is 0 Å². The summed E-state index contributed by atoms with van der Waals surface area (Å²) in [4.78, 5) is 15.2. The fourth-order valence-electron chi connectivity index (χ4n) is 1.07. The van der Waals surface area contributed by atoms with Gasteiger partial charge in [-0.3, -0.25) is 9.78 Å². The molecule has 1 aromatic rings. The molecule has 0 aliphatic carbocycles. The van der Waals surface area contributed by atoms with Gasteiger partial charge in [0.05, 0.1) is 6.10 Å². The summed E-state index contributed by atoms with van der Waals surface area (Å²) < 4.78 is 0. The number of nitrogens with zero attached hydrogens (tertiary/aromatic N) is 1. The van der Waals surface area contributed by atoms with E-state index < -0.39 is 6.10 Å². The van der Waals surface area contributed by atoms with Crippen LogP contribution in [-0.2, 0) is 4.79 Å². The fraction of sp³-hybridized carbons (Fsp3) is 0.333. The smallest absolute Gasteiger partial charge is 0.244 e. The number of amides is 1. The quantitative estimate of drug-likeness (QED) is 0.727. The molecule has 0 saturated carbocycles. The van der Waals surface area contributed by atoms with Crippen LogP contribution in [0.5, 0.6) is 0 Å². The summed E-state index contributed by atoms with van der Waals surface area (Å²) in [5.41, 5.74) is 0.869. The van der Waals surface area contributed by atoms with Crippen LogP contribution < -0.4 is 5.32 Å². The van der Waals surface area contributed by atoms with Gasteiger partial charge in [-0.2, -0.15) is 0 Å². The molecule has 1 atom stereocenters. The second kappa shape index (κ2) is 6.74. The van der Waals surface area contributed by atoms with Crippen LogP contribution >= 0.6 is 0 Å². The Labute approximate surface area is 95.0 Å². The highest BCUT2D eigenvalue weighted by Crippen LogP contribution is 1.97. The third-order valence-electron chi connectivity index (χ3n) is 2.09. The highest BCUT2D eigenvalue weighted by atomic mass is 16.3. The van der Waals surface area contributed by atoms with Gasteiger partial charge in [-0.15, -0.1) is 0 Å². The Morgan fingerprint density at radius 1 is 1.69 bits per heavy atom. The summed E-state index contributed by atoms with van der Waals surface area (Å²) in [5.74, 6) is -0.212. The van der Waals surface area contributed by atoms with Crippen LogP contribution in [0.1, 0.15) is 18.9 Å². The fourth-order valence-corrected chi connectivity index (χ4v) is 1.07. The molecule has 0 aliphatic heterocycles. The van der Waals surface area contributed by atoms with E-state index in [-0.39, 0.29) is 12.5 Å². The van der Waals surface area contributed by atoms with E-state index in [9.17, 15) is 9.90 Å². The van der Waals surface area contributed by atoms with E-state index in [4.69, 9.17) is 0 Å². The Kier molecular flexibility index (Phi) is 5.22. The first kappa shape index (κ1) is 12.4. The average molecular weight is 220 g/mol. The Morgan fingerprint density at radius 2 is 2.50 bits per heavy atom. The van der Waals surface area contributed by atoms with Crippen LogP contribution in [0.15, 0.2) is 30.6 Å². The van der Waals surface area contributed by atoms with E-state index in [1.165, 1.54) is 6.08 Å². The molecule has 1 unspecified atom stereocenters. The van der Waals surface area contributed by atoms with E-state index in [0.717, 1.165) is 5.56 Å². The van der Waals surface area contributed by atoms with Crippen molar-refractivity contribution in [2.45, 2.75) is 19.4 Å². The minimum Gasteiger partial charge on any atom is -0.391 e. The lowest BCUT2D eigenvalue weighted by Gasteiger charge is -2.07. The molecule has 0 spiro atoms. The highest BCUT2D eigenvalue weighted by Gasteiger charge is 2.01. The van der Waals surface area contributed by atoms with Gasteiger partial charge in [-0.1, -0.05) is 13.0 Å². The van der Waals surface area contributed by atoms with Crippen LogP contribution in [-0.4, -0.2) is 28.6 Å². The number of rotatable bonds is 5. The number of carbonyl (C=O) groups is 1. The minimum atomic E-state index is -0.476. The molecule has 0 fully saturated rings. The summed E-state index contributed by atoms with van der Waals surface area (Å²) >= 11 is 0. The number of hydrogen-bond acceptors (Lipinski definition) is 3. The maximum Gasteiger partial charge on any atom is 0.244 e. The van der Waals surface area contributed by atoms with Crippen molar-refractivity contribution >= 4 is 12.0 Å². The molecule has 1 aromatic heterocycles. The SMILES string of the molecule is CCC(O)CNC(=O)/C=C/c1cccnc1. The zero-order valence-electron chi connectivity index (χ0n) is 9.26. The predicted molar refractivity (Wildman–Crippen MR) is 62.6 cm³/mol. The van der Waals surface area contributed by atoms with Crippen LogP contribution in [0.25, 0.3) is 6.08 Å². The van der Waals surface area contributed by atoms with Crippen molar-refractivity contribution in [1.29, 1.82) is 0 Å². The van der Waals surface area contributed by atoms with E-state index in [1.54, 1.807) is 24.5 Å². The van der Waals surface area contributed by atoms with Gasteiger partial charge in [0.2, 0.25) is 5.91 Å². The number of aromatic nitrogens is 1. The molecule has 0 saturated heterocycles. The molecule has 1 heterocycles. The molecule has 0 radical (unpaired) electrons. The lowest BCUT2D eigenvalue weighted by molar-refractivity contribution is -0.116. The second-order valence-electron chi connectivity index (χ2n) is 3.43. The standard InChI is InChI=1S/C12H16N2O2/c1-2-11(15)9-14-12(16)6-5-10-4-3-7-13-8-10/h3-8,11,15H,2,9H2,1H3,(H,14,16)/b6-5+. The summed E-state index contributed by atoms with van der Waals surface area (Å²) in [7, 11) is 0. The second-order valence-corrected chi connectivity index (χ2v) is 3.43. The number of hydrogen-bond donors (Lipinski definition) is 2. The van der Waals surface area contributed by atoms with Crippen LogP contribution in [0.2, 0.25) is 0 Å². The molecule has 4 nitrogen and oxygen atoms in total. The zero-order valence-corrected chi connectivity index (χ0v) is 9.26. The first-order valence-electron chi connectivity index (χ1n) is 5.26. The monoisotopic (exact) mass is 220 g/mol. The molecule has 16 heavy (non-hydrogen) atoms. The molecule has 4 heteroatoms. The maximum absolute atomic E-state index is 11.3. The van der Waals surface area contributed by atoms with E-state index in [2.05, 4.69) is 10.3 Å². The van der Waals surface area contributed by atoms with Gasteiger partial charge >= 0.3 is 0 Å². The summed E-state index contributed by atoms with van der Waals surface area (Å²) in [5, 5.41) is 11.9. The third kappa shape index (κ3) is 4.70. The molecule has 0 aliphatic rings. The number of aliphatic hydroxyl groups is 1. The molecule has 1 amide bonds. The van der Waals surface area contributed by atoms with E-state index in [1.807, 2.05) is 13.0 Å². The molecular weight excluding hydrogens is 204 g/mol. The number of pyridine rings is 1. The van der Waals surface area contributed by atoms with Crippen molar-refractivity contribution in [2.24, 2.45) is 0 Å². The number of carbonyl (C=O) groups excluding carboxylic acids is 1. The Bertz CT molecular complexity index is 349. The van der Waals surface area contributed by atoms with Gasteiger partial charge < -0.3 is 10.4 Å². The molecule has 1 rings (SSSR count). The zero-order chi connectivity index (χ0) is 11.8. The molecule has 0 aromatic carbocycles. The van der Waals surface area contributed by atoms with Gasteiger partial charge in [0, 0.05) is 25.0 Å². The summed E-state index contributed by atoms with van der Waals surface area (Å²) in [6.45, 7) is 2.15. The van der Waals surface area contributed by atoms with Crippen molar-refractivity contribution in [3.8, 4) is 0 Å². The van der Waals surface area contributed by atoms with Crippen molar-refractivity contribution in [3.63, 3.8) is 0 Å².